The number of carboxylic acid groups (broad SMARTS) is 1. The van der Waals surface area contributed by atoms with Gasteiger partial charge in [0, 0.05) is 0 Å². The second kappa shape index (κ2) is 4.95. The van der Waals surface area contributed by atoms with Gasteiger partial charge in [-0.1, -0.05) is 0 Å². The van der Waals surface area contributed by atoms with Crippen molar-refractivity contribution in [3.05, 3.63) is 0 Å². The Balaban J connectivity index is 0. The number of aliphatic carboxylic acids is 1. The van der Waals surface area contributed by atoms with Crippen molar-refractivity contribution >= 4 is 5.97 Å². The van der Waals surface area contributed by atoms with E-state index in [2.05, 4.69) is 19.6 Å². The predicted molar refractivity (Wildman–Crippen MR) is 29.1 cm³/mol. The molecular weight excluding hydrogens is 163 g/mol. The first kappa shape index (κ1) is 12.9. The Hall–Kier alpha value is -0.780. The molecule has 0 aromatic rings. The van der Waals surface area contributed by atoms with E-state index in [9.17, 15) is 13.2 Å². The van der Waals surface area contributed by atoms with Gasteiger partial charge in [-0.3, -0.25) is 0 Å². The largest absolute Gasteiger partial charge is 0.542 e. The van der Waals surface area contributed by atoms with Crippen LogP contribution in [0.1, 0.15) is 13.8 Å². The van der Waals surface area contributed by atoms with Crippen LogP contribution in [-0.4, -0.2) is 18.2 Å². The van der Waals surface area contributed by atoms with Gasteiger partial charge >= 0.3 is 6.18 Å². The van der Waals surface area contributed by atoms with Crippen molar-refractivity contribution in [2.24, 2.45) is 0 Å². The maximum atomic E-state index is 10.5. The molecule has 0 spiro atoms. The highest BCUT2D eigenvalue weighted by Crippen LogP contribution is 2.11. The normalized spacial score (nSPS) is 10.5. The summed E-state index contributed by atoms with van der Waals surface area (Å²) in [5, 5.41) is 8.78. The second-order valence-electron chi connectivity index (χ2n) is 2.18. The summed E-state index contributed by atoms with van der Waals surface area (Å²) in [7, 11) is 0. The van der Waals surface area contributed by atoms with Crippen molar-refractivity contribution in [2.45, 2.75) is 26.1 Å². The Morgan fingerprint density at radius 3 is 1.55 bits per heavy atom. The van der Waals surface area contributed by atoms with Gasteiger partial charge in [-0.05, 0) is 13.8 Å². The molecule has 0 aliphatic rings. The lowest BCUT2D eigenvalue weighted by Gasteiger charge is -2.03. The summed E-state index contributed by atoms with van der Waals surface area (Å²) in [6.45, 7) is 4.11. The lowest BCUT2D eigenvalue weighted by molar-refractivity contribution is -0.407. The summed E-state index contributed by atoms with van der Waals surface area (Å²) in [6.07, 6.45) is -5.19. The van der Waals surface area contributed by atoms with Crippen LogP contribution in [0.4, 0.5) is 13.2 Å². The molecule has 0 amide bonds. The highest BCUT2D eigenvalue weighted by atomic mass is 19.4. The number of alkyl halides is 3. The van der Waals surface area contributed by atoms with Crippen LogP contribution in [0, 0.1) is 0 Å². The Morgan fingerprint density at radius 1 is 1.45 bits per heavy atom. The number of halogens is 3. The zero-order chi connectivity index (χ0) is 9.65. The van der Waals surface area contributed by atoms with Crippen LogP contribution in [0.5, 0.6) is 0 Å². The molecule has 0 heterocycles. The summed E-state index contributed by atoms with van der Waals surface area (Å²) in [5.74, 6) is -3.01. The fraction of sp³-hybridized carbons (Fsp3) is 0.800. The zero-order valence-electron chi connectivity index (χ0n) is 6.23. The summed E-state index contributed by atoms with van der Waals surface area (Å²) in [4.78, 5) is 8.78. The molecule has 68 valence electrons. The van der Waals surface area contributed by atoms with E-state index in [1.807, 2.05) is 0 Å². The van der Waals surface area contributed by atoms with Crippen LogP contribution >= 0.6 is 0 Å². The maximum absolute atomic E-state index is 10.5. The molecule has 3 N–H and O–H groups in total. The average molecular weight is 173 g/mol. The molecule has 0 saturated heterocycles. The molecule has 0 aliphatic heterocycles. The Morgan fingerprint density at radius 2 is 1.55 bits per heavy atom. The fourth-order valence-corrected chi connectivity index (χ4v) is 0. The Kier molecular flexibility index (Phi) is 5.78. The summed E-state index contributed by atoms with van der Waals surface area (Å²) in [5.41, 5.74) is 3.64. The van der Waals surface area contributed by atoms with Crippen LogP contribution in [-0.2, 0) is 4.79 Å². The van der Waals surface area contributed by atoms with E-state index in [4.69, 9.17) is 9.90 Å². The number of hydrogen-bond acceptors (Lipinski definition) is 2. The number of quaternary nitrogens is 1. The third-order valence-corrected chi connectivity index (χ3v) is 0.231. The SMILES string of the molecule is CC(C)[NH3+].O=C([O-])C(F)(F)F. The van der Waals surface area contributed by atoms with E-state index in [0.29, 0.717) is 6.04 Å². The third kappa shape index (κ3) is 17.6. The molecule has 0 rings (SSSR count). The van der Waals surface area contributed by atoms with Gasteiger partial charge in [0.25, 0.3) is 0 Å². The van der Waals surface area contributed by atoms with Gasteiger partial charge in [0.15, 0.2) is 0 Å². The van der Waals surface area contributed by atoms with Gasteiger partial charge < -0.3 is 15.6 Å². The Bertz CT molecular complexity index is 119. The highest BCUT2D eigenvalue weighted by molar-refractivity contribution is 5.70. The Labute approximate surface area is 62.0 Å². The molecule has 6 heteroatoms. The first-order valence-corrected chi connectivity index (χ1v) is 2.79. The van der Waals surface area contributed by atoms with E-state index in [1.54, 1.807) is 0 Å². The maximum Gasteiger partial charge on any atom is 0.430 e. The van der Waals surface area contributed by atoms with Crippen LogP contribution in [0.2, 0.25) is 0 Å². The standard InChI is InChI=1S/C3H9N.C2HF3O2/c1-3(2)4;3-2(4,5)1(6)7/h3H,4H2,1-2H3;(H,6,7). The number of rotatable bonds is 0. The zero-order valence-corrected chi connectivity index (χ0v) is 6.23. The molecule has 0 atom stereocenters. The monoisotopic (exact) mass is 173 g/mol. The molecule has 3 nitrogen and oxygen atoms in total. The molecule has 0 saturated carbocycles. The van der Waals surface area contributed by atoms with E-state index >= 15 is 0 Å². The first-order chi connectivity index (χ1) is 4.68. The topological polar surface area (TPSA) is 67.8 Å². The van der Waals surface area contributed by atoms with Crippen molar-refractivity contribution in [2.75, 3.05) is 0 Å². The quantitative estimate of drug-likeness (QED) is 0.507. The number of carbonyl (C=O) groups is 1. The molecular formula is C5H10F3NO2. The van der Waals surface area contributed by atoms with E-state index in [0.717, 1.165) is 0 Å². The molecule has 0 fully saturated rings. The lowest BCUT2D eigenvalue weighted by atomic mass is 10.5. The predicted octanol–water partition coefficient (Wildman–Crippen LogP) is -1.06. The molecule has 0 aromatic heterocycles. The minimum absolute atomic E-state index is 0.583. The second-order valence-corrected chi connectivity index (χ2v) is 2.18. The van der Waals surface area contributed by atoms with Gasteiger partial charge in [-0.25, -0.2) is 0 Å². The van der Waals surface area contributed by atoms with E-state index in [-0.39, 0.29) is 0 Å². The van der Waals surface area contributed by atoms with E-state index < -0.39 is 12.1 Å². The first-order valence-electron chi connectivity index (χ1n) is 2.79. The van der Waals surface area contributed by atoms with Gasteiger partial charge in [0.1, 0.15) is 5.97 Å². The van der Waals surface area contributed by atoms with Crippen molar-refractivity contribution in [3.63, 3.8) is 0 Å². The average Bonchev–Trinajstić information content (AvgIpc) is 1.59. The van der Waals surface area contributed by atoms with Gasteiger partial charge in [-0.2, -0.15) is 13.2 Å². The molecule has 0 aromatic carbocycles. The fourth-order valence-electron chi connectivity index (χ4n) is 0. The molecule has 11 heavy (non-hydrogen) atoms. The van der Waals surface area contributed by atoms with Gasteiger partial charge in [0.05, 0.1) is 6.04 Å². The molecule has 0 bridgehead atoms. The molecule has 0 aliphatic carbocycles. The minimum Gasteiger partial charge on any atom is -0.542 e. The van der Waals surface area contributed by atoms with Crippen LogP contribution in [0.15, 0.2) is 0 Å². The summed E-state index contributed by atoms with van der Waals surface area (Å²) < 4.78 is 31.5. The number of hydrogen-bond donors (Lipinski definition) is 1. The number of carbonyl (C=O) groups excluding carboxylic acids is 1. The smallest absolute Gasteiger partial charge is 0.430 e. The van der Waals surface area contributed by atoms with Gasteiger partial charge in [0.2, 0.25) is 0 Å². The lowest BCUT2D eigenvalue weighted by Crippen LogP contribution is -2.57. The summed E-state index contributed by atoms with van der Waals surface area (Å²) in [6, 6.07) is 0.583. The van der Waals surface area contributed by atoms with Crippen molar-refractivity contribution in [1.82, 2.24) is 0 Å². The van der Waals surface area contributed by atoms with Gasteiger partial charge in [-0.15, -0.1) is 0 Å². The third-order valence-electron chi connectivity index (χ3n) is 0.231. The van der Waals surface area contributed by atoms with E-state index in [1.165, 1.54) is 0 Å². The van der Waals surface area contributed by atoms with Crippen LogP contribution < -0.4 is 10.8 Å². The summed E-state index contributed by atoms with van der Waals surface area (Å²) >= 11 is 0. The molecule has 0 unspecified atom stereocenters. The highest BCUT2D eigenvalue weighted by Gasteiger charge is 2.28. The minimum atomic E-state index is -5.19. The molecule has 0 radical (unpaired) electrons. The van der Waals surface area contributed by atoms with Crippen molar-refractivity contribution in [3.8, 4) is 0 Å². The van der Waals surface area contributed by atoms with Crippen molar-refractivity contribution in [1.29, 1.82) is 0 Å². The van der Waals surface area contributed by atoms with Crippen LogP contribution in [0.3, 0.4) is 0 Å². The van der Waals surface area contributed by atoms with Crippen LogP contribution in [0.25, 0.3) is 0 Å². The van der Waals surface area contributed by atoms with Crippen molar-refractivity contribution < 1.29 is 28.8 Å². The number of carboxylic acids is 1.